The van der Waals surface area contributed by atoms with Crippen LogP contribution in [0.3, 0.4) is 0 Å². The van der Waals surface area contributed by atoms with Gasteiger partial charge in [0.2, 0.25) is 0 Å². The molecule has 1 aliphatic heterocycles. The first kappa shape index (κ1) is 26.9. The molecule has 0 aromatic carbocycles. The van der Waals surface area contributed by atoms with Gasteiger partial charge in [-0.1, -0.05) is 0 Å². The molecular weight excluding hydrogens is 524 g/mol. The maximum atomic E-state index is 12.9. The highest BCUT2D eigenvalue weighted by atomic mass is 16.5. The van der Waals surface area contributed by atoms with Crippen LogP contribution in [-0.2, 0) is 23.1 Å². The minimum Gasteiger partial charge on any atom is -0.383 e. The second-order valence-corrected chi connectivity index (χ2v) is 10.1. The Bertz CT molecular complexity index is 1680. The van der Waals surface area contributed by atoms with Gasteiger partial charge < -0.3 is 20.1 Å². The van der Waals surface area contributed by atoms with Gasteiger partial charge in [-0.15, -0.1) is 0 Å². The highest BCUT2D eigenvalue weighted by Gasteiger charge is 2.18. The molecule has 41 heavy (non-hydrogen) atoms. The molecule has 0 saturated carbocycles. The van der Waals surface area contributed by atoms with Gasteiger partial charge in [-0.3, -0.25) is 24.0 Å². The molecule has 6 rings (SSSR count). The number of rotatable bonds is 10. The zero-order valence-corrected chi connectivity index (χ0v) is 23.5. The molecule has 0 unspecified atom stereocenters. The Morgan fingerprint density at radius 1 is 1.07 bits per heavy atom. The van der Waals surface area contributed by atoms with E-state index in [0.717, 1.165) is 66.1 Å². The minimum atomic E-state index is -0.158. The number of aryl methyl sites for hydroxylation is 2. The Kier molecular flexibility index (Phi) is 7.63. The summed E-state index contributed by atoms with van der Waals surface area (Å²) in [6.07, 6.45) is 9.24. The molecule has 5 aromatic rings. The lowest BCUT2D eigenvalue weighted by molar-refractivity contribution is 0.0383. The summed E-state index contributed by atoms with van der Waals surface area (Å²) in [5, 5.41) is 21.1. The molecule has 13 heteroatoms. The van der Waals surface area contributed by atoms with Crippen LogP contribution in [0.1, 0.15) is 16.1 Å². The summed E-state index contributed by atoms with van der Waals surface area (Å²) >= 11 is 0. The second-order valence-electron chi connectivity index (χ2n) is 10.1. The number of ether oxygens (including phenoxy) is 2. The normalized spacial score (nSPS) is 14.2. The highest BCUT2D eigenvalue weighted by molar-refractivity contribution is 6.01. The van der Waals surface area contributed by atoms with Gasteiger partial charge in [0, 0.05) is 70.1 Å². The van der Waals surface area contributed by atoms with E-state index in [4.69, 9.17) is 14.6 Å². The molecule has 0 bridgehead atoms. The van der Waals surface area contributed by atoms with Crippen molar-refractivity contribution in [1.82, 2.24) is 44.4 Å². The summed E-state index contributed by atoms with van der Waals surface area (Å²) in [6, 6.07) is 3.91. The van der Waals surface area contributed by atoms with Crippen molar-refractivity contribution in [2.45, 2.75) is 13.5 Å². The average molecular weight is 559 g/mol. The van der Waals surface area contributed by atoms with Gasteiger partial charge >= 0.3 is 0 Å². The molecule has 0 radical (unpaired) electrons. The van der Waals surface area contributed by atoms with Crippen LogP contribution in [0.4, 0.5) is 11.5 Å². The Balaban J connectivity index is 1.22. The SMILES string of the molecule is COCCn1cc(-c2cc3c4c(cnn3c2)c(Nc2cc(C(=O)NCCN3CCOCC3)cnc2C)nn4C)cn1. The first-order valence-electron chi connectivity index (χ1n) is 13.7. The van der Waals surface area contributed by atoms with Crippen molar-refractivity contribution in [1.29, 1.82) is 0 Å². The summed E-state index contributed by atoms with van der Waals surface area (Å²) in [5.74, 6) is 0.483. The summed E-state index contributed by atoms with van der Waals surface area (Å²) < 4.78 is 16.1. The van der Waals surface area contributed by atoms with Crippen LogP contribution >= 0.6 is 0 Å². The third-order valence-electron chi connectivity index (χ3n) is 7.35. The van der Waals surface area contributed by atoms with E-state index in [-0.39, 0.29) is 5.91 Å². The largest absolute Gasteiger partial charge is 0.383 e. The number of fused-ring (bicyclic) bond motifs is 3. The standard InChI is InChI=1S/C28H34N10O3/c1-19-24(12-20(14-30-19)28(39)29-4-5-36-6-10-41-11-7-36)33-27-23-16-32-38-18-21(13-25(38)26(23)35(2)34-27)22-15-31-37(17-22)8-9-40-3/h12-18H,4-11H2,1-3H3,(H,29,39)(H,33,34). The van der Waals surface area contributed by atoms with Crippen LogP contribution in [0.15, 0.2) is 43.1 Å². The monoisotopic (exact) mass is 558 g/mol. The number of methoxy groups -OCH3 is 1. The van der Waals surface area contributed by atoms with Gasteiger partial charge in [0.05, 0.1) is 72.1 Å². The first-order valence-corrected chi connectivity index (χ1v) is 13.7. The fourth-order valence-corrected chi connectivity index (χ4v) is 5.05. The Labute approximate surface area is 237 Å². The molecule has 6 heterocycles. The summed E-state index contributed by atoms with van der Waals surface area (Å²) in [5.41, 5.74) is 5.84. The lowest BCUT2D eigenvalue weighted by Gasteiger charge is -2.26. The number of morpholine rings is 1. The molecule has 1 aliphatic rings. The Morgan fingerprint density at radius 3 is 2.76 bits per heavy atom. The van der Waals surface area contributed by atoms with Crippen LogP contribution in [0.2, 0.25) is 0 Å². The molecule has 2 N–H and O–H groups in total. The number of nitrogens with zero attached hydrogens (tertiary/aromatic N) is 8. The van der Waals surface area contributed by atoms with Crippen LogP contribution in [0.5, 0.6) is 0 Å². The van der Waals surface area contributed by atoms with Crippen LogP contribution < -0.4 is 10.6 Å². The van der Waals surface area contributed by atoms with Crippen LogP contribution in [0, 0.1) is 6.92 Å². The fraction of sp³-hybridized carbons (Fsp3) is 0.393. The molecule has 0 atom stereocenters. The van der Waals surface area contributed by atoms with Crippen molar-refractivity contribution in [3.63, 3.8) is 0 Å². The number of carbonyl (C=O) groups excluding carboxylic acids is 1. The zero-order valence-electron chi connectivity index (χ0n) is 23.5. The van der Waals surface area contributed by atoms with E-state index in [1.807, 2.05) is 52.5 Å². The van der Waals surface area contributed by atoms with E-state index < -0.39 is 0 Å². The quantitative estimate of drug-likeness (QED) is 0.265. The van der Waals surface area contributed by atoms with Crippen molar-refractivity contribution in [2.75, 3.05) is 58.4 Å². The summed E-state index contributed by atoms with van der Waals surface area (Å²) in [4.78, 5) is 19.6. The third-order valence-corrected chi connectivity index (χ3v) is 7.35. The van der Waals surface area contributed by atoms with Crippen LogP contribution in [0.25, 0.3) is 27.5 Å². The number of anilines is 2. The summed E-state index contributed by atoms with van der Waals surface area (Å²) in [6.45, 7) is 7.79. The highest BCUT2D eigenvalue weighted by Crippen LogP contribution is 2.31. The van der Waals surface area contributed by atoms with Gasteiger partial charge in [0.1, 0.15) is 0 Å². The van der Waals surface area contributed by atoms with Crippen molar-refractivity contribution >= 4 is 33.8 Å². The molecule has 0 aliphatic carbocycles. The van der Waals surface area contributed by atoms with Crippen molar-refractivity contribution in [3.05, 3.63) is 54.4 Å². The lowest BCUT2D eigenvalue weighted by Crippen LogP contribution is -2.41. The fourth-order valence-electron chi connectivity index (χ4n) is 5.05. The number of hydrogen-bond donors (Lipinski definition) is 2. The number of nitrogens with one attached hydrogen (secondary N) is 2. The van der Waals surface area contributed by atoms with Crippen LogP contribution in [-0.4, -0.2) is 98.1 Å². The topological polar surface area (TPSA) is 129 Å². The van der Waals surface area contributed by atoms with Gasteiger partial charge in [0.15, 0.2) is 5.82 Å². The molecule has 13 nitrogen and oxygen atoms in total. The van der Waals surface area contributed by atoms with Gasteiger partial charge in [-0.05, 0) is 19.1 Å². The Hall–Kier alpha value is -4.33. The Morgan fingerprint density at radius 2 is 1.93 bits per heavy atom. The predicted octanol–water partition coefficient (Wildman–Crippen LogP) is 2.24. The summed E-state index contributed by atoms with van der Waals surface area (Å²) in [7, 11) is 3.59. The van der Waals surface area contributed by atoms with E-state index in [1.54, 1.807) is 19.5 Å². The van der Waals surface area contributed by atoms with Crippen molar-refractivity contribution in [2.24, 2.45) is 7.05 Å². The van der Waals surface area contributed by atoms with E-state index >= 15 is 0 Å². The maximum Gasteiger partial charge on any atom is 0.252 e. The van der Waals surface area contributed by atoms with E-state index in [1.165, 1.54) is 0 Å². The minimum absolute atomic E-state index is 0.158. The average Bonchev–Trinajstić information content (AvgIpc) is 3.70. The number of amides is 1. The maximum absolute atomic E-state index is 12.9. The third kappa shape index (κ3) is 5.64. The number of aromatic nitrogens is 7. The lowest BCUT2D eigenvalue weighted by atomic mass is 10.2. The molecule has 214 valence electrons. The molecule has 1 saturated heterocycles. The molecule has 5 aromatic heterocycles. The van der Waals surface area contributed by atoms with E-state index in [9.17, 15) is 4.79 Å². The first-order chi connectivity index (χ1) is 20.0. The smallest absolute Gasteiger partial charge is 0.252 e. The predicted molar refractivity (Wildman–Crippen MR) is 154 cm³/mol. The molecule has 1 fully saturated rings. The second kappa shape index (κ2) is 11.6. The van der Waals surface area contributed by atoms with E-state index in [2.05, 4.69) is 36.8 Å². The molecular formula is C28H34N10O3. The van der Waals surface area contributed by atoms with Gasteiger partial charge in [-0.2, -0.15) is 15.3 Å². The molecule has 1 amide bonds. The zero-order chi connectivity index (χ0) is 28.3. The van der Waals surface area contributed by atoms with Gasteiger partial charge in [0.25, 0.3) is 5.91 Å². The van der Waals surface area contributed by atoms with Crippen molar-refractivity contribution in [3.8, 4) is 11.1 Å². The molecule has 0 spiro atoms. The number of hydrogen-bond acceptors (Lipinski definition) is 9. The number of carbonyl (C=O) groups is 1. The van der Waals surface area contributed by atoms with Gasteiger partial charge in [-0.25, -0.2) is 4.52 Å². The van der Waals surface area contributed by atoms with E-state index in [0.29, 0.717) is 36.8 Å². The van der Waals surface area contributed by atoms with Crippen molar-refractivity contribution < 1.29 is 14.3 Å². The number of pyridine rings is 1.